The fourth-order valence-corrected chi connectivity index (χ4v) is 9.81. The first-order valence-corrected chi connectivity index (χ1v) is 24.9. The Morgan fingerprint density at radius 2 is 1.56 bits per heavy atom. The van der Waals surface area contributed by atoms with Crippen molar-refractivity contribution in [2.24, 2.45) is 23.2 Å². The number of nitrogens with one attached hydrogen (secondary N) is 2. The van der Waals surface area contributed by atoms with Crippen LogP contribution in [-0.2, 0) is 51.6 Å². The summed E-state index contributed by atoms with van der Waals surface area (Å²) < 4.78 is 39.2. The van der Waals surface area contributed by atoms with Gasteiger partial charge >= 0.3 is 6.09 Å². The lowest BCUT2D eigenvalue weighted by Gasteiger charge is -2.36. The molecule has 366 valence electrons. The van der Waals surface area contributed by atoms with Crippen molar-refractivity contribution in [1.29, 1.82) is 0 Å². The monoisotopic (exact) mass is 952 g/mol. The van der Waals surface area contributed by atoms with Gasteiger partial charge in [-0.15, -0.1) is 13.0 Å². The number of terminal acetylenes is 1. The van der Waals surface area contributed by atoms with Crippen LogP contribution in [0.15, 0.2) is 79.4 Å². The number of rotatable bonds is 21. The molecule has 4 amide bonds. The Morgan fingerprint density at radius 1 is 0.912 bits per heavy atom. The number of ketones is 2. The molecule has 0 unspecified atom stereocenters. The van der Waals surface area contributed by atoms with Gasteiger partial charge in [0, 0.05) is 44.7 Å². The van der Waals surface area contributed by atoms with Gasteiger partial charge in [-0.3, -0.25) is 28.7 Å². The van der Waals surface area contributed by atoms with E-state index in [1.165, 1.54) is 11.9 Å². The molecule has 1 aliphatic carbocycles. The number of sulfonamides is 1. The first-order valence-electron chi connectivity index (χ1n) is 23.3. The summed E-state index contributed by atoms with van der Waals surface area (Å²) >= 11 is 0. The van der Waals surface area contributed by atoms with E-state index in [1.54, 1.807) is 62.9 Å². The summed E-state index contributed by atoms with van der Waals surface area (Å²) in [4.78, 5) is 87.9. The molecule has 1 aliphatic heterocycles. The minimum absolute atomic E-state index is 0.0454. The first-order chi connectivity index (χ1) is 31.9. The SMILES string of the molecule is C#CCOc1ccc(C[C@H](NC(=O)[C@@H](CC(=O)[C@@H]2C[C@H](CC=C)CN2C(=O)[C@@H](CC(=O)[C@H](C)N(C)C(=O)OC(C)(C)C)C(C)(C)C)Cc2ccc3ccccc3c2)C(=O)NS(=O)(=O)C2CC2)cc1. The smallest absolute Gasteiger partial charge is 0.410 e. The molecular formula is C53H68N4O10S. The molecule has 5 rings (SSSR count). The van der Waals surface area contributed by atoms with Crippen molar-refractivity contribution in [1.82, 2.24) is 19.8 Å². The lowest BCUT2D eigenvalue weighted by molar-refractivity contribution is -0.146. The van der Waals surface area contributed by atoms with Crippen LogP contribution in [0, 0.1) is 35.5 Å². The molecule has 0 bridgehead atoms. The Kier molecular flexibility index (Phi) is 17.4. The molecule has 15 heteroatoms. The molecule has 0 aromatic heterocycles. The first kappa shape index (κ1) is 53.0. The molecular weight excluding hydrogens is 885 g/mol. The predicted molar refractivity (Wildman–Crippen MR) is 262 cm³/mol. The number of carbonyl (C=O) groups excluding carboxylic acids is 6. The van der Waals surface area contributed by atoms with Crippen LogP contribution >= 0.6 is 0 Å². The number of nitrogens with zero attached hydrogens (tertiary/aromatic N) is 2. The number of hydrogen-bond donors (Lipinski definition) is 2. The molecule has 68 heavy (non-hydrogen) atoms. The molecule has 14 nitrogen and oxygen atoms in total. The fourth-order valence-electron chi connectivity index (χ4n) is 8.46. The van der Waals surface area contributed by atoms with Crippen molar-refractivity contribution >= 4 is 56.2 Å². The molecule has 2 aliphatic rings. The summed E-state index contributed by atoms with van der Waals surface area (Å²) in [5.74, 6) is -1.84. The van der Waals surface area contributed by atoms with Gasteiger partial charge in [-0.05, 0) is 105 Å². The Balaban J connectivity index is 1.45. The third-order valence-electron chi connectivity index (χ3n) is 12.7. The molecule has 6 atom stereocenters. The summed E-state index contributed by atoms with van der Waals surface area (Å²) in [5, 5.41) is 4.01. The standard InChI is InChI=1S/C53H68N4O10S/c1-11-15-37-30-45(57(33-37)50(62)43(52(4,5)6)32-46(58)34(3)56(10)51(63)67-53(7,8)9)47(59)31-40(28-36-18-21-38-16-13-14-17-39(38)27-36)48(60)54-44(49(61)55-68(64,65)42-24-25-42)29-35-19-22-41(23-20-35)66-26-12-2/h2,11,13-14,16-23,27,34,37,40,42-45H,1,15,24-26,28-33H2,3-10H3,(H,54,60)(H,55,61)/t34-,37-,40+,43+,44-,45-/m0/s1. The van der Waals surface area contributed by atoms with Crippen molar-refractivity contribution in [2.45, 2.75) is 129 Å². The Labute approximate surface area is 402 Å². The number of fused-ring (bicyclic) bond motifs is 1. The van der Waals surface area contributed by atoms with Crippen LogP contribution in [0.4, 0.5) is 4.79 Å². The van der Waals surface area contributed by atoms with E-state index in [1.807, 2.05) is 63.2 Å². The van der Waals surface area contributed by atoms with Crippen molar-refractivity contribution in [2.75, 3.05) is 20.2 Å². The van der Waals surface area contributed by atoms with Crippen molar-refractivity contribution in [3.63, 3.8) is 0 Å². The van der Waals surface area contributed by atoms with E-state index < -0.39 is 74.2 Å². The van der Waals surface area contributed by atoms with Gasteiger partial charge in [0.05, 0.1) is 17.3 Å². The van der Waals surface area contributed by atoms with Crippen LogP contribution in [0.25, 0.3) is 10.8 Å². The number of ether oxygens (including phenoxy) is 2. The maximum atomic E-state index is 14.9. The van der Waals surface area contributed by atoms with Crippen molar-refractivity contribution in [3.8, 4) is 18.1 Å². The van der Waals surface area contributed by atoms with Crippen molar-refractivity contribution in [3.05, 3.63) is 90.5 Å². The number of carbonyl (C=O) groups is 6. The number of hydrogen-bond acceptors (Lipinski definition) is 10. The van der Waals surface area contributed by atoms with Gasteiger partial charge in [0.15, 0.2) is 11.6 Å². The quantitative estimate of drug-likeness (QED) is 0.0835. The third-order valence-corrected chi connectivity index (χ3v) is 14.5. The molecule has 2 fully saturated rings. The zero-order chi connectivity index (χ0) is 50.1. The summed E-state index contributed by atoms with van der Waals surface area (Å²) in [6, 6.07) is 16.9. The topological polar surface area (TPSA) is 186 Å². The van der Waals surface area contributed by atoms with Crippen LogP contribution < -0.4 is 14.8 Å². The zero-order valence-electron chi connectivity index (χ0n) is 40.7. The maximum Gasteiger partial charge on any atom is 0.410 e. The molecule has 3 aromatic carbocycles. The number of Topliss-reactive ketones (excluding diaryl/α,β-unsaturated/α-hetero) is 2. The minimum Gasteiger partial charge on any atom is -0.481 e. The van der Waals surface area contributed by atoms with Gasteiger partial charge in [-0.2, -0.15) is 0 Å². The van der Waals surface area contributed by atoms with E-state index in [0.717, 1.165) is 16.3 Å². The summed E-state index contributed by atoms with van der Waals surface area (Å²) in [5.41, 5.74) is -0.183. The predicted octanol–water partition coefficient (Wildman–Crippen LogP) is 6.98. The van der Waals surface area contributed by atoms with E-state index in [4.69, 9.17) is 15.9 Å². The number of benzene rings is 3. The lowest BCUT2D eigenvalue weighted by Crippen LogP contribution is -2.52. The van der Waals surface area contributed by atoms with Gasteiger partial charge in [-0.1, -0.05) is 87.4 Å². The summed E-state index contributed by atoms with van der Waals surface area (Å²) in [7, 11) is -2.52. The highest BCUT2D eigenvalue weighted by Crippen LogP contribution is 2.37. The second-order valence-corrected chi connectivity index (χ2v) is 22.3. The van der Waals surface area contributed by atoms with Crippen molar-refractivity contribution < 1.29 is 46.7 Å². The van der Waals surface area contributed by atoms with E-state index in [0.29, 0.717) is 37.0 Å². The highest BCUT2D eigenvalue weighted by atomic mass is 32.2. The van der Waals surface area contributed by atoms with Gasteiger partial charge in [0.25, 0.3) is 5.91 Å². The largest absolute Gasteiger partial charge is 0.481 e. The summed E-state index contributed by atoms with van der Waals surface area (Å²) in [6.45, 7) is 16.5. The van der Waals surface area contributed by atoms with Gasteiger partial charge < -0.3 is 24.6 Å². The maximum absolute atomic E-state index is 14.9. The average Bonchev–Trinajstić information content (AvgIpc) is 4.06. The van der Waals surface area contributed by atoms with Crippen LogP contribution in [0.1, 0.15) is 98.1 Å². The normalized spacial score (nSPS) is 18.0. The van der Waals surface area contributed by atoms with Gasteiger partial charge in [0.1, 0.15) is 24.0 Å². The molecule has 1 saturated carbocycles. The number of allylic oxidation sites excluding steroid dienone is 1. The van der Waals surface area contributed by atoms with Crippen LogP contribution in [0.5, 0.6) is 5.75 Å². The van der Waals surface area contributed by atoms with E-state index in [-0.39, 0.29) is 62.2 Å². The van der Waals surface area contributed by atoms with Crippen LogP contribution in [0.2, 0.25) is 0 Å². The molecule has 1 heterocycles. The van der Waals surface area contributed by atoms with Crippen LogP contribution in [0.3, 0.4) is 0 Å². The fraction of sp³-hybridized carbons (Fsp3) is 0.509. The Bertz CT molecular complexity index is 2500. The third kappa shape index (κ3) is 14.5. The zero-order valence-corrected chi connectivity index (χ0v) is 41.5. The average molecular weight is 953 g/mol. The Hall–Kier alpha value is -6.01. The van der Waals surface area contributed by atoms with E-state index in [2.05, 4.69) is 22.5 Å². The number of likely N-dealkylation sites (N-methyl/N-ethyl adjacent to an activating group) is 1. The highest BCUT2D eigenvalue weighted by Gasteiger charge is 2.46. The number of amides is 4. The van der Waals surface area contributed by atoms with Crippen LogP contribution in [-0.4, -0.2) is 103 Å². The van der Waals surface area contributed by atoms with Gasteiger partial charge in [0.2, 0.25) is 21.8 Å². The molecule has 0 spiro atoms. The second-order valence-electron chi connectivity index (χ2n) is 20.4. The number of likely N-dealkylation sites (tertiary alicyclic amines) is 1. The Morgan fingerprint density at radius 3 is 2.16 bits per heavy atom. The lowest BCUT2D eigenvalue weighted by atomic mass is 9.76. The second kappa shape index (κ2) is 22.4. The molecule has 2 N–H and O–H groups in total. The minimum atomic E-state index is -4.00. The van der Waals surface area contributed by atoms with E-state index in [9.17, 15) is 37.2 Å². The highest BCUT2D eigenvalue weighted by molar-refractivity contribution is 7.90. The van der Waals surface area contributed by atoms with E-state index >= 15 is 0 Å². The molecule has 3 aromatic rings. The molecule has 1 saturated heterocycles. The summed E-state index contributed by atoms with van der Waals surface area (Å²) in [6.07, 6.45) is 7.53. The van der Waals surface area contributed by atoms with Gasteiger partial charge in [-0.25, -0.2) is 13.2 Å². The molecule has 0 radical (unpaired) electrons.